The van der Waals surface area contributed by atoms with Crippen molar-refractivity contribution < 1.29 is 14.4 Å². The molecule has 0 aliphatic carbocycles. The predicted octanol–water partition coefficient (Wildman–Crippen LogP) is 1.19. The molecule has 0 aromatic carbocycles. The van der Waals surface area contributed by atoms with Crippen LogP contribution in [-0.4, -0.2) is 45.2 Å². The molecule has 7 heteroatoms. The summed E-state index contributed by atoms with van der Waals surface area (Å²) in [5.41, 5.74) is 0. The Morgan fingerprint density at radius 1 is 1.05 bits per heavy atom. The topological polar surface area (TPSA) is 73.3 Å². The van der Waals surface area contributed by atoms with Crippen molar-refractivity contribution in [1.82, 2.24) is 14.7 Å². The fourth-order valence-corrected chi connectivity index (χ4v) is 2.05. The molecule has 0 radical (unpaired) electrons. The largest absolute Gasteiger partial charge is 0.352 e. The van der Waals surface area contributed by atoms with Gasteiger partial charge in [0.15, 0.2) is 0 Å². The van der Waals surface area contributed by atoms with Crippen LogP contribution in [0.2, 0.25) is 0 Å². The van der Waals surface area contributed by atoms with Gasteiger partial charge in [0.05, 0.1) is 0 Å². The number of urea groups is 1. The molecule has 2 heterocycles. The molecule has 1 atom stereocenters. The van der Waals surface area contributed by atoms with Gasteiger partial charge in [-0.25, -0.2) is 4.79 Å². The van der Waals surface area contributed by atoms with Crippen molar-refractivity contribution in [2.24, 2.45) is 16.8 Å². The summed E-state index contributed by atoms with van der Waals surface area (Å²) in [5, 5.41) is 0. The quantitative estimate of drug-likeness (QED) is 0.761. The van der Waals surface area contributed by atoms with Crippen LogP contribution in [0.3, 0.4) is 0 Å². The number of aliphatic imine (C=N–C) groups is 1. The van der Waals surface area contributed by atoms with Crippen LogP contribution < -0.4 is 0 Å². The Labute approximate surface area is 117 Å². The van der Waals surface area contributed by atoms with Gasteiger partial charge >= 0.3 is 6.03 Å². The lowest BCUT2D eigenvalue weighted by Crippen LogP contribution is -2.59. The van der Waals surface area contributed by atoms with Crippen LogP contribution in [-0.2, 0) is 9.59 Å². The van der Waals surface area contributed by atoms with Gasteiger partial charge in [0, 0.05) is 24.2 Å². The third-order valence-corrected chi connectivity index (χ3v) is 3.14. The summed E-state index contributed by atoms with van der Waals surface area (Å²) in [4.78, 5) is 43.8. The normalized spacial score (nSPS) is 21.2. The zero-order valence-electron chi connectivity index (χ0n) is 12.0. The van der Waals surface area contributed by atoms with Gasteiger partial charge in [0.2, 0.25) is 18.1 Å². The molecule has 0 aromatic rings. The van der Waals surface area contributed by atoms with E-state index in [1.54, 1.807) is 27.7 Å². The molecule has 108 valence electrons. The minimum absolute atomic E-state index is 0.154. The molecule has 1 unspecified atom stereocenters. The minimum atomic E-state index is -0.773. The van der Waals surface area contributed by atoms with Crippen molar-refractivity contribution in [1.29, 1.82) is 0 Å². The lowest BCUT2D eigenvalue weighted by atomic mass is 10.2. The van der Waals surface area contributed by atoms with E-state index in [1.807, 2.05) is 0 Å². The first-order chi connectivity index (χ1) is 9.34. The molecule has 0 saturated carbocycles. The Morgan fingerprint density at radius 2 is 1.60 bits per heavy atom. The molecule has 0 N–H and O–H groups in total. The van der Waals surface area contributed by atoms with E-state index in [2.05, 4.69) is 4.99 Å². The molecule has 0 bridgehead atoms. The summed E-state index contributed by atoms with van der Waals surface area (Å²) in [5.74, 6) is -0.836. The Morgan fingerprint density at radius 3 is 2.15 bits per heavy atom. The van der Waals surface area contributed by atoms with E-state index in [0.717, 1.165) is 0 Å². The van der Waals surface area contributed by atoms with E-state index >= 15 is 0 Å². The molecule has 0 spiro atoms. The molecule has 2 aliphatic heterocycles. The number of fused-ring (bicyclic) bond motifs is 1. The van der Waals surface area contributed by atoms with Crippen LogP contribution in [0.15, 0.2) is 17.4 Å². The SMILES string of the molecule is CC(C)C(=O)N1C=CN2C(=O)N=CN(C(=O)C(C)C)C21. The first-order valence-electron chi connectivity index (χ1n) is 6.53. The summed E-state index contributed by atoms with van der Waals surface area (Å²) < 4.78 is 0. The first-order valence-corrected chi connectivity index (χ1v) is 6.53. The molecule has 7 nitrogen and oxygen atoms in total. The van der Waals surface area contributed by atoms with Gasteiger partial charge in [-0.3, -0.25) is 24.3 Å². The predicted molar refractivity (Wildman–Crippen MR) is 72.0 cm³/mol. The van der Waals surface area contributed by atoms with Crippen LogP contribution >= 0.6 is 0 Å². The van der Waals surface area contributed by atoms with Gasteiger partial charge < -0.3 is 0 Å². The number of hydrogen-bond donors (Lipinski definition) is 0. The molecule has 2 aliphatic rings. The number of rotatable bonds is 2. The van der Waals surface area contributed by atoms with Gasteiger partial charge in [-0.15, -0.1) is 0 Å². The van der Waals surface area contributed by atoms with Crippen LogP contribution in [0.5, 0.6) is 0 Å². The van der Waals surface area contributed by atoms with Crippen molar-refractivity contribution in [2.75, 3.05) is 0 Å². The second-order valence-corrected chi connectivity index (χ2v) is 5.38. The highest BCUT2D eigenvalue weighted by atomic mass is 16.2. The highest BCUT2D eigenvalue weighted by Gasteiger charge is 2.43. The number of carbonyl (C=O) groups is 3. The van der Waals surface area contributed by atoms with Gasteiger partial charge in [-0.05, 0) is 0 Å². The lowest BCUT2D eigenvalue weighted by molar-refractivity contribution is -0.145. The summed E-state index contributed by atoms with van der Waals surface area (Å²) in [7, 11) is 0. The second kappa shape index (κ2) is 5.07. The van der Waals surface area contributed by atoms with E-state index in [9.17, 15) is 14.4 Å². The van der Waals surface area contributed by atoms with Crippen molar-refractivity contribution in [3.05, 3.63) is 12.4 Å². The maximum atomic E-state index is 12.2. The Hall–Kier alpha value is -2.18. The zero-order valence-corrected chi connectivity index (χ0v) is 12.0. The molecule has 2 rings (SSSR count). The molecule has 0 saturated heterocycles. The van der Waals surface area contributed by atoms with Gasteiger partial charge in [-0.2, -0.15) is 4.99 Å². The Kier molecular flexibility index (Phi) is 3.61. The fourth-order valence-electron chi connectivity index (χ4n) is 2.05. The molecule has 4 amide bonds. The molecule has 0 aromatic heterocycles. The molecular weight excluding hydrogens is 260 g/mol. The third kappa shape index (κ3) is 2.19. The maximum absolute atomic E-state index is 12.2. The van der Waals surface area contributed by atoms with Gasteiger partial charge in [-0.1, -0.05) is 27.7 Å². The van der Waals surface area contributed by atoms with Crippen molar-refractivity contribution in [3.8, 4) is 0 Å². The zero-order chi connectivity index (χ0) is 15.0. The minimum Gasteiger partial charge on any atom is -0.277 e. The van der Waals surface area contributed by atoms with Crippen LogP contribution in [0.1, 0.15) is 27.7 Å². The fraction of sp³-hybridized carbons (Fsp3) is 0.538. The van der Waals surface area contributed by atoms with Gasteiger partial charge in [0.25, 0.3) is 0 Å². The monoisotopic (exact) mass is 278 g/mol. The summed E-state index contributed by atoms with van der Waals surface area (Å²) in [6.07, 6.45) is 3.43. The highest BCUT2D eigenvalue weighted by Crippen LogP contribution is 2.25. The van der Waals surface area contributed by atoms with Crippen molar-refractivity contribution >= 4 is 24.2 Å². The smallest absolute Gasteiger partial charge is 0.277 e. The van der Waals surface area contributed by atoms with E-state index in [4.69, 9.17) is 0 Å². The first kappa shape index (κ1) is 14.2. The maximum Gasteiger partial charge on any atom is 0.352 e. The van der Waals surface area contributed by atoms with E-state index in [-0.39, 0.29) is 23.7 Å². The number of hydrogen-bond acceptors (Lipinski definition) is 3. The van der Waals surface area contributed by atoms with Crippen LogP contribution in [0, 0.1) is 11.8 Å². The van der Waals surface area contributed by atoms with E-state index < -0.39 is 12.3 Å². The average Bonchev–Trinajstić information content (AvgIpc) is 2.82. The third-order valence-electron chi connectivity index (χ3n) is 3.14. The van der Waals surface area contributed by atoms with Crippen molar-refractivity contribution in [3.63, 3.8) is 0 Å². The average molecular weight is 278 g/mol. The van der Waals surface area contributed by atoms with Crippen LogP contribution in [0.4, 0.5) is 4.79 Å². The standard InChI is InChI=1S/C13H18N4O3/c1-8(2)10(18)15-5-6-16-12(20)14-7-17(13(15)16)11(19)9(3)4/h5-9,13H,1-4H3. The van der Waals surface area contributed by atoms with E-state index in [0.29, 0.717) is 0 Å². The van der Waals surface area contributed by atoms with E-state index in [1.165, 1.54) is 33.4 Å². The lowest BCUT2D eigenvalue weighted by Gasteiger charge is -2.39. The molecule has 0 fully saturated rings. The number of carbonyl (C=O) groups excluding carboxylic acids is 3. The molecular formula is C13H18N4O3. The number of nitrogens with zero attached hydrogens (tertiary/aromatic N) is 4. The van der Waals surface area contributed by atoms with Crippen molar-refractivity contribution in [2.45, 2.75) is 34.0 Å². The van der Waals surface area contributed by atoms with Gasteiger partial charge in [0.1, 0.15) is 6.34 Å². The Bertz CT molecular complexity index is 510. The Balaban J connectivity index is 2.35. The number of amides is 4. The summed E-state index contributed by atoms with van der Waals surface area (Å²) >= 11 is 0. The molecule has 20 heavy (non-hydrogen) atoms. The highest BCUT2D eigenvalue weighted by molar-refractivity contribution is 5.97. The second-order valence-electron chi connectivity index (χ2n) is 5.38. The van der Waals surface area contributed by atoms with Crippen LogP contribution in [0.25, 0.3) is 0 Å². The summed E-state index contributed by atoms with van der Waals surface area (Å²) in [6, 6.07) is -0.488. The summed E-state index contributed by atoms with van der Waals surface area (Å²) in [6.45, 7) is 7.06.